The first-order chi connectivity index (χ1) is 16.7. The van der Waals surface area contributed by atoms with Crippen LogP contribution in [0.5, 0.6) is 0 Å². The van der Waals surface area contributed by atoms with E-state index in [9.17, 15) is 19.5 Å². The lowest BCUT2D eigenvalue weighted by molar-refractivity contribution is -0.141. The van der Waals surface area contributed by atoms with E-state index in [0.29, 0.717) is 0 Å². The number of ether oxygens (including phenoxy) is 1. The number of anilines is 1. The zero-order valence-electron chi connectivity index (χ0n) is 19.3. The molecule has 1 aliphatic carbocycles. The summed E-state index contributed by atoms with van der Waals surface area (Å²) in [4.78, 5) is 36.2. The predicted molar refractivity (Wildman–Crippen MR) is 127 cm³/mol. The molecule has 0 saturated carbocycles. The van der Waals surface area contributed by atoms with Gasteiger partial charge >= 0.3 is 12.1 Å². The smallest absolute Gasteiger partial charge is 0.411 e. The number of benzene rings is 2. The second kappa shape index (κ2) is 9.59. The standard InChI is InChI=1S/C25H26N4O6/c1-25(34,11-21(30)31)14-26-23(32)22-20(12-27-29(22)2)28-24(33)35-13-19-17-9-5-3-7-15(17)16-8-4-6-10-18(16)19/h3-10,12,19,34H,11,13-14H2,1-2H3,(H,26,32)(H,28,33)(H,30,31). The van der Waals surface area contributed by atoms with Crippen LogP contribution in [0.4, 0.5) is 10.5 Å². The van der Waals surface area contributed by atoms with E-state index in [0.717, 1.165) is 22.3 Å². The monoisotopic (exact) mass is 478 g/mol. The molecule has 1 aliphatic rings. The number of hydrogen-bond acceptors (Lipinski definition) is 6. The number of fused-ring (bicyclic) bond motifs is 3. The third-order valence-electron chi connectivity index (χ3n) is 5.90. The van der Waals surface area contributed by atoms with Crippen molar-refractivity contribution in [1.29, 1.82) is 0 Å². The van der Waals surface area contributed by atoms with Crippen molar-refractivity contribution >= 4 is 23.7 Å². The molecule has 2 aromatic carbocycles. The molecule has 10 nitrogen and oxygen atoms in total. The van der Waals surface area contributed by atoms with Gasteiger partial charge in [-0.1, -0.05) is 48.5 Å². The molecule has 0 bridgehead atoms. The Kier molecular flexibility index (Phi) is 6.57. The number of rotatable bonds is 8. The largest absolute Gasteiger partial charge is 0.481 e. The summed E-state index contributed by atoms with van der Waals surface area (Å²) in [6.45, 7) is 1.12. The first-order valence-corrected chi connectivity index (χ1v) is 11.0. The molecule has 3 aromatic rings. The number of nitrogens with one attached hydrogen (secondary N) is 2. The van der Waals surface area contributed by atoms with Crippen molar-refractivity contribution < 1.29 is 29.3 Å². The van der Waals surface area contributed by atoms with Gasteiger partial charge in [0.1, 0.15) is 12.3 Å². The Balaban J connectivity index is 1.41. The zero-order chi connectivity index (χ0) is 25.2. The number of nitrogens with zero attached hydrogens (tertiary/aromatic N) is 2. The van der Waals surface area contributed by atoms with Crippen molar-refractivity contribution in [3.63, 3.8) is 0 Å². The second-order valence-corrected chi connectivity index (χ2v) is 8.73. The average molecular weight is 479 g/mol. The fourth-order valence-corrected chi connectivity index (χ4v) is 4.29. The second-order valence-electron chi connectivity index (χ2n) is 8.73. The van der Waals surface area contributed by atoms with Gasteiger partial charge in [-0.15, -0.1) is 0 Å². The van der Waals surface area contributed by atoms with E-state index < -0.39 is 30.0 Å². The van der Waals surface area contributed by atoms with Gasteiger partial charge in [0.15, 0.2) is 0 Å². The molecule has 4 N–H and O–H groups in total. The van der Waals surface area contributed by atoms with Crippen molar-refractivity contribution in [2.75, 3.05) is 18.5 Å². The summed E-state index contributed by atoms with van der Waals surface area (Å²) in [5.74, 6) is -1.94. The number of aryl methyl sites for hydroxylation is 1. The van der Waals surface area contributed by atoms with Gasteiger partial charge in [0, 0.05) is 19.5 Å². The first-order valence-electron chi connectivity index (χ1n) is 11.0. The minimum atomic E-state index is -1.64. The van der Waals surface area contributed by atoms with Crippen molar-refractivity contribution in [2.45, 2.75) is 24.9 Å². The van der Waals surface area contributed by atoms with E-state index in [-0.39, 0.29) is 30.5 Å². The summed E-state index contributed by atoms with van der Waals surface area (Å²) < 4.78 is 6.79. The highest BCUT2D eigenvalue weighted by atomic mass is 16.5. The predicted octanol–water partition coefficient (Wildman–Crippen LogP) is 2.74. The Morgan fingerprint density at radius 3 is 2.29 bits per heavy atom. The lowest BCUT2D eigenvalue weighted by atomic mass is 9.98. The van der Waals surface area contributed by atoms with Crippen molar-refractivity contribution in [3.05, 3.63) is 71.5 Å². The summed E-state index contributed by atoms with van der Waals surface area (Å²) in [5, 5.41) is 28.0. The van der Waals surface area contributed by atoms with Crippen LogP contribution in [-0.4, -0.2) is 56.7 Å². The maximum atomic E-state index is 12.7. The highest BCUT2D eigenvalue weighted by Gasteiger charge is 2.30. The minimum absolute atomic E-state index is 0.0321. The molecule has 1 unspecified atom stereocenters. The van der Waals surface area contributed by atoms with Crippen LogP contribution in [-0.2, 0) is 16.6 Å². The number of amides is 2. The number of hydrogen-bond donors (Lipinski definition) is 4. The Hall–Kier alpha value is -4.18. The van der Waals surface area contributed by atoms with E-state index in [2.05, 4.69) is 15.7 Å². The number of carboxylic acid groups (broad SMARTS) is 1. The summed E-state index contributed by atoms with van der Waals surface area (Å²) in [7, 11) is 1.52. The van der Waals surface area contributed by atoms with Crippen LogP contribution in [0.25, 0.3) is 11.1 Å². The number of carboxylic acids is 1. The summed E-state index contributed by atoms with van der Waals surface area (Å²) >= 11 is 0. The molecule has 2 amide bonds. The van der Waals surface area contributed by atoms with Crippen LogP contribution in [0.2, 0.25) is 0 Å². The van der Waals surface area contributed by atoms with E-state index >= 15 is 0 Å². The van der Waals surface area contributed by atoms with Crippen LogP contribution < -0.4 is 10.6 Å². The van der Waals surface area contributed by atoms with Crippen LogP contribution >= 0.6 is 0 Å². The molecule has 182 valence electrons. The molecular formula is C25H26N4O6. The van der Waals surface area contributed by atoms with Gasteiger partial charge in [-0.25, -0.2) is 4.79 Å². The third-order valence-corrected chi connectivity index (χ3v) is 5.90. The SMILES string of the molecule is Cn1ncc(NC(=O)OCC2c3ccccc3-c3ccccc32)c1C(=O)NCC(C)(O)CC(=O)O. The lowest BCUT2D eigenvalue weighted by Gasteiger charge is -2.21. The fourth-order valence-electron chi connectivity index (χ4n) is 4.29. The number of aliphatic hydroxyl groups is 1. The summed E-state index contributed by atoms with van der Waals surface area (Å²) in [6, 6.07) is 16.0. The molecule has 4 rings (SSSR count). The van der Waals surface area contributed by atoms with Gasteiger partial charge in [-0.05, 0) is 29.2 Å². The third kappa shape index (κ3) is 5.17. The summed E-state index contributed by atoms with van der Waals surface area (Å²) in [5.41, 5.74) is 2.90. The van der Waals surface area contributed by atoms with E-state index in [1.165, 1.54) is 24.9 Å². The molecule has 10 heteroatoms. The van der Waals surface area contributed by atoms with E-state index in [1.807, 2.05) is 48.5 Å². The first kappa shape index (κ1) is 24.0. The van der Waals surface area contributed by atoms with Crippen LogP contribution in [0.15, 0.2) is 54.7 Å². The van der Waals surface area contributed by atoms with Gasteiger partial charge in [0.25, 0.3) is 5.91 Å². The molecule has 0 aliphatic heterocycles. The quantitative estimate of drug-likeness (QED) is 0.390. The van der Waals surface area contributed by atoms with E-state index in [4.69, 9.17) is 9.84 Å². The van der Waals surface area contributed by atoms with Gasteiger partial charge in [0.2, 0.25) is 0 Å². The highest BCUT2D eigenvalue weighted by Crippen LogP contribution is 2.44. The number of carbonyl (C=O) groups is 3. The van der Waals surface area contributed by atoms with Crippen molar-refractivity contribution in [3.8, 4) is 11.1 Å². The van der Waals surface area contributed by atoms with Gasteiger partial charge < -0.3 is 20.3 Å². The van der Waals surface area contributed by atoms with Crippen LogP contribution in [0.3, 0.4) is 0 Å². The Morgan fingerprint density at radius 1 is 1.09 bits per heavy atom. The highest BCUT2D eigenvalue weighted by molar-refractivity contribution is 6.01. The molecular weight excluding hydrogens is 452 g/mol. The molecule has 35 heavy (non-hydrogen) atoms. The summed E-state index contributed by atoms with van der Waals surface area (Å²) in [6.07, 6.45) is 0.0294. The Morgan fingerprint density at radius 2 is 1.69 bits per heavy atom. The van der Waals surface area contributed by atoms with Crippen LogP contribution in [0.1, 0.15) is 40.9 Å². The molecule has 0 saturated heterocycles. The molecule has 1 aromatic heterocycles. The van der Waals surface area contributed by atoms with Crippen LogP contribution in [0, 0.1) is 0 Å². The number of carbonyl (C=O) groups excluding carboxylic acids is 2. The maximum Gasteiger partial charge on any atom is 0.411 e. The topological polar surface area (TPSA) is 143 Å². The zero-order valence-corrected chi connectivity index (χ0v) is 19.3. The Labute approximate surface area is 201 Å². The van der Waals surface area contributed by atoms with Gasteiger partial charge in [-0.2, -0.15) is 5.10 Å². The van der Waals surface area contributed by atoms with Crippen molar-refractivity contribution in [1.82, 2.24) is 15.1 Å². The number of aliphatic carboxylic acids is 1. The maximum absolute atomic E-state index is 12.7. The average Bonchev–Trinajstić information content (AvgIpc) is 3.33. The molecule has 0 fully saturated rings. The molecule has 1 atom stereocenters. The Bertz CT molecular complexity index is 1240. The normalized spacial score (nSPS) is 13.9. The minimum Gasteiger partial charge on any atom is -0.481 e. The van der Waals surface area contributed by atoms with Gasteiger partial charge in [-0.3, -0.25) is 19.6 Å². The lowest BCUT2D eigenvalue weighted by Crippen LogP contribution is -2.42. The molecule has 0 radical (unpaired) electrons. The van der Waals surface area contributed by atoms with Gasteiger partial charge in [0.05, 0.1) is 23.9 Å². The molecule has 0 spiro atoms. The number of aromatic nitrogens is 2. The van der Waals surface area contributed by atoms with Crippen molar-refractivity contribution in [2.24, 2.45) is 7.05 Å². The fraction of sp³-hybridized carbons (Fsp3) is 0.280. The van der Waals surface area contributed by atoms with E-state index in [1.54, 1.807) is 0 Å². The molecule has 1 heterocycles.